The van der Waals surface area contributed by atoms with Gasteiger partial charge < -0.3 is 15.2 Å². The molecule has 7 rings (SSSR count). The Labute approximate surface area is 216 Å². The molecule has 8 nitrogen and oxygen atoms in total. The molecule has 2 N–H and O–H groups in total. The third-order valence-corrected chi connectivity index (χ3v) is 8.35. The lowest BCUT2D eigenvalue weighted by molar-refractivity contribution is -0.169. The van der Waals surface area contributed by atoms with Gasteiger partial charge in [0.15, 0.2) is 5.69 Å². The van der Waals surface area contributed by atoms with Crippen molar-refractivity contribution in [3.63, 3.8) is 0 Å². The minimum absolute atomic E-state index is 0.101. The number of ether oxygens (including phenoxy) is 1. The van der Waals surface area contributed by atoms with Crippen LogP contribution in [0.15, 0.2) is 48.5 Å². The van der Waals surface area contributed by atoms with Crippen LogP contribution in [0, 0.1) is 17.8 Å². The van der Waals surface area contributed by atoms with Crippen molar-refractivity contribution >= 4 is 17.6 Å². The Hall–Kier alpha value is -3.52. The zero-order chi connectivity index (χ0) is 25.6. The number of benzene rings is 2. The zero-order valence-electron chi connectivity index (χ0n) is 21.0. The van der Waals surface area contributed by atoms with Crippen LogP contribution in [0.5, 0.6) is 0 Å². The minimum Gasteiger partial charge on any atom is -0.478 e. The predicted molar refractivity (Wildman–Crippen MR) is 138 cm³/mol. The number of amides is 1. The van der Waals surface area contributed by atoms with Crippen LogP contribution < -0.4 is 5.32 Å². The number of carbonyl (C=O) groups excluding carboxylic acids is 1. The number of hydrogen-bond acceptors (Lipinski definition) is 5. The molecule has 4 bridgehead atoms. The van der Waals surface area contributed by atoms with E-state index >= 15 is 0 Å². The third-order valence-electron chi connectivity index (χ3n) is 8.35. The van der Waals surface area contributed by atoms with E-state index in [1.54, 1.807) is 12.1 Å². The molecule has 0 radical (unpaired) electrons. The van der Waals surface area contributed by atoms with E-state index in [-0.39, 0.29) is 23.5 Å². The largest absolute Gasteiger partial charge is 0.478 e. The molecule has 0 spiro atoms. The van der Waals surface area contributed by atoms with Gasteiger partial charge >= 0.3 is 5.97 Å². The summed E-state index contributed by atoms with van der Waals surface area (Å²) in [5.41, 5.74) is 2.96. The second-order valence-corrected chi connectivity index (χ2v) is 11.0. The van der Waals surface area contributed by atoms with Crippen molar-refractivity contribution in [2.45, 2.75) is 64.1 Å². The second-order valence-electron chi connectivity index (χ2n) is 11.0. The summed E-state index contributed by atoms with van der Waals surface area (Å²) >= 11 is 0. The molecule has 4 fully saturated rings. The lowest BCUT2D eigenvalue weighted by Crippen LogP contribution is -2.51. The fourth-order valence-corrected chi connectivity index (χ4v) is 7.07. The Bertz CT molecular complexity index is 1310. The van der Waals surface area contributed by atoms with Crippen molar-refractivity contribution in [2.75, 3.05) is 5.32 Å². The van der Waals surface area contributed by atoms with Crippen molar-refractivity contribution in [3.8, 4) is 5.69 Å². The van der Waals surface area contributed by atoms with Gasteiger partial charge in [-0.05, 0) is 92.5 Å². The van der Waals surface area contributed by atoms with Gasteiger partial charge in [-0.25, -0.2) is 4.79 Å². The number of aromatic nitrogens is 3. The van der Waals surface area contributed by atoms with Crippen LogP contribution in [0.4, 0.5) is 5.69 Å². The van der Waals surface area contributed by atoms with E-state index in [1.807, 2.05) is 24.3 Å². The molecule has 2 aromatic carbocycles. The van der Waals surface area contributed by atoms with Crippen LogP contribution in [-0.2, 0) is 17.8 Å². The first kappa shape index (κ1) is 23.9. The number of aromatic carboxylic acids is 1. The number of nitrogens with zero attached hydrogens (tertiary/aromatic N) is 3. The summed E-state index contributed by atoms with van der Waals surface area (Å²) in [4.78, 5) is 26.3. The van der Waals surface area contributed by atoms with Gasteiger partial charge in [-0.3, -0.25) is 4.79 Å². The standard InChI is InChI=1S/C29H32N4O4/c1-2-21-6-3-4-9-25(21)33-31-24(17-37-29-14-18-10-19(15-29)12-20(11-18)16-29)26(32-33)27(34)30-23-8-5-7-22(13-23)28(35)36/h3-9,13,18-20H,2,10-12,14-17H2,1H3,(H,30,34)(H,35,36). The Balaban J connectivity index is 1.30. The molecule has 0 unspecified atom stereocenters. The van der Waals surface area contributed by atoms with E-state index in [0.29, 0.717) is 11.4 Å². The fraction of sp³-hybridized carbons (Fsp3) is 0.448. The Kier molecular flexibility index (Phi) is 6.07. The van der Waals surface area contributed by atoms with Crippen molar-refractivity contribution in [1.29, 1.82) is 0 Å². The summed E-state index contributed by atoms with van der Waals surface area (Å²) in [6.07, 6.45) is 8.07. The van der Waals surface area contributed by atoms with Crippen molar-refractivity contribution < 1.29 is 19.4 Å². The maximum atomic E-state index is 13.4. The van der Waals surface area contributed by atoms with Crippen molar-refractivity contribution in [3.05, 3.63) is 71.0 Å². The molecule has 8 heteroatoms. The highest BCUT2D eigenvalue weighted by molar-refractivity contribution is 6.04. The molecule has 3 aromatic rings. The van der Waals surface area contributed by atoms with Crippen LogP contribution in [0.3, 0.4) is 0 Å². The Morgan fingerprint density at radius 1 is 1.03 bits per heavy atom. The topological polar surface area (TPSA) is 106 Å². The molecule has 4 aliphatic rings. The number of para-hydroxylation sites is 1. The normalized spacial score (nSPS) is 25.8. The summed E-state index contributed by atoms with van der Waals surface area (Å²) in [6, 6.07) is 14.1. The van der Waals surface area contributed by atoms with Gasteiger partial charge in [0.05, 0.1) is 23.5 Å². The Morgan fingerprint density at radius 2 is 1.73 bits per heavy atom. The minimum atomic E-state index is -1.05. The average Bonchev–Trinajstić information content (AvgIpc) is 3.31. The number of aryl methyl sites for hydroxylation is 1. The van der Waals surface area contributed by atoms with Gasteiger partial charge in [0.2, 0.25) is 0 Å². The van der Waals surface area contributed by atoms with E-state index in [9.17, 15) is 14.7 Å². The summed E-state index contributed by atoms with van der Waals surface area (Å²) < 4.78 is 6.65. The van der Waals surface area contributed by atoms with Gasteiger partial charge in [-0.2, -0.15) is 4.80 Å². The van der Waals surface area contributed by atoms with Gasteiger partial charge in [0.25, 0.3) is 5.91 Å². The summed E-state index contributed by atoms with van der Waals surface area (Å²) in [5, 5.41) is 21.5. The highest BCUT2D eigenvalue weighted by Crippen LogP contribution is 2.57. The lowest BCUT2D eigenvalue weighted by atomic mass is 9.54. The Morgan fingerprint density at radius 3 is 2.41 bits per heavy atom. The van der Waals surface area contributed by atoms with E-state index in [1.165, 1.54) is 36.2 Å². The summed E-state index contributed by atoms with van der Waals surface area (Å²) in [5.74, 6) is 0.766. The van der Waals surface area contributed by atoms with Crippen LogP contribution in [0.2, 0.25) is 0 Å². The monoisotopic (exact) mass is 500 g/mol. The number of carboxylic acid groups (broad SMARTS) is 1. The molecule has 1 amide bonds. The maximum absolute atomic E-state index is 13.4. The van der Waals surface area contributed by atoms with Gasteiger partial charge in [-0.1, -0.05) is 31.2 Å². The molecular formula is C29H32N4O4. The molecular weight excluding hydrogens is 468 g/mol. The number of hydrogen-bond donors (Lipinski definition) is 2. The van der Waals surface area contributed by atoms with E-state index in [0.717, 1.165) is 54.7 Å². The summed E-state index contributed by atoms with van der Waals surface area (Å²) in [6.45, 7) is 2.29. The van der Waals surface area contributed by atoms with Crippen LogP contribution >= 0.6 is 0 Å². The van der Waals surface area contributed by atoms with Gasteiger partial charge in [0, 0.05) is 5.69 Å². The molecule has 4 aliphatic carbocycles. The van der Waals surface area contributed by atoms with Gasteiger partial charge in [0.1, 0.15) is 5.69 Å². The smallest absolute Gasteiger partial charge is 0.335 e. The number of anilines is 1. The molecule has 192 valence electrons. The summed E-state index contributed by atoms with van der Waals surface area (Å²) in [7, 11) is 0. The molecule has 4 saturated carbocycles. The number of nitrogens with one attached hydrogen (secondary N) is 1. The first-order valence-electron chi connectivity index (χ1n) is 13.2. The van der Waals surface area contributed by atoms with Crippen LogP contribution in [-0.4, -0.2) is 37.6 Å². The van der Waals surface area contributed by atoms with E-state index < -0.39 is 11.9 Å². The lowest BCUT2D eigenvalue weighted by Gasteiger charge is -2.56. The number of rotatable bonds is 8. The second kappa shape index (κ2) is 9.41. The van der Waals surface area contributed by atoms with Crippen molar-refractivity contribution in [2.24, 2.45) is 17.8 Å². The average molecular weight is 501 g/mol. The first-order valence-corrected chi connectivity index (χ1v) is 13.2. The highest BCUT2D eigenvalue weighted by Gasteiger charge is 2.51. The fourth-order valence-electron chi connectivity index (χ4n) is 7.07. The quantitative estimate of drug-likeness (QED) is 0.437. The highest BCUT2D eigenvalue weighted by atomic mass is 16.5. The molecule has 37 heavy (non-hydrogen) atoms. The van der Waals surface area contributed by atoms with Gasteiger partial charge in [-0.15, -0.1) is 10.2 Å². The maximum Gasteiger partial charge on any atom is 0.335 e. The molecule has 0 aliphatic heterocycles. The molecule has 0 atom stereocenters. The first-order chi connectivity index (χ1) is 17.9. The zero-order valence-corrected chi connectivity index (χ0v) is 21.0. The van der Waals surface area contributed by atoms with E-state index in [2.05, 4.69) is 17.3 Å². The molecule has 0 saturated heterocycles. The van der Waals surface area contributed by atoms with Crippen LogP contribution in [0.1, 0.15) is 77.6 Å². The SMILES string of the molecule is CCc1ccccc1-n1nc(COC23CC4CC(CC(C4)C2)C3)c(C(=O)Nc2cccc(C(=O)O)c2)n1. The number of carboxylic acids is 1. The third kappa shape index (κ3) is 4.66. The molecule has 1 heterocycles. The number of carbonyl (C=O) groups is 2. The van der Waals surface area contributed by atoms with E-state index in [4.69, 9.17) is 9.84 Å². The molecule has 1 aromatic heterocycles. The predicted octanol–water partition coefficient (Wildman–Crippen LogP) is 5.27. The van der Waals surface area contributed by atoms with Crippen molar-refractivity contribution in [1.82, 2.24) is 15.0 Å². The van der Waals surface area contributed by atoms with Crippen LogP contribution in [0.25, 0.3) is 5.69 Å².